The topological polar surface area (TPSA) is 80.9 Å². The van der Waals surface area contributed by atoms with Crippen LogP contribution in [0.25, 0.3) is 16.6 Å². The summed E-state index contributed by atoms with van der Waals surface area (Å²) in [4.78, 5) is 28.0. The Bertz CT molecular complexity index is 1170. The first-order valence-corrected chi connectivity index (χ1v) is 10.3. The van der Waals surface area contributed by atoms with E-state index in [1.165, 1.54) is 0 Å². The fourth-order valence-electron chi connectivity index (χ4n) is 3.80. The number of hydrogen-bond acceptors (Lipinski definition) is 5. The van der Waals surface area contributed by atoms with Crippen LogP contribution in [0, 0.1) is 20.8 Å². The molecule has 3 rings (SSSR count). The van der Waals surface area contributed by atoms with Gasteiger partial charge in [0.1, 0.15) is 6.42 Å². The van der Waals surface area contributed by atoms with Crippen LogP contribution in [0.1, 0.15) is 42.5 Å². The standard InChI is InChI=1S/C25H28N2O4/c1-6-31-23(29)13-20(28)14-26-18(5)24-21-8-7-15(2)12-22(21)27(25(24)30)19-10-16(3)9-17(4)11-19/h7-12,30H,6,13-14H2,1-5H3. The van der Waals surface area contributed by atoms with E-state index in [2.05, 4.69) is 11.1 Å². The molecule has 0 aliphatic rings. The average molecular weight is 421 g/mol. The number of aliphatic imine (C=N–C) groups is 1. The van der Waals surface area contributed by atoms with E-state index >= 15 is 0 Å². The number of ketones is 1. The first kappa shape index (κ1) is 22.3. The quantitative estimate of drug-likeness (QED) is 0.344. The van der Waals surface area contributed by atoms with Crippen molar-refractivity contribution in [1.82, 2.24) is 4.57 Å². The molecule has 0 aliphatic carbocycles. The highest BCUT2D eigenvalue weighted by atomic mass is 16.5. The second kappa shape index (κ2) is 9.16. The Morgan fingerprint density at radius 3 is 2.35 bits per heavy atom. The largest absolute Gasteiger partial charge is 0.494 e. The van der Waals surface area contributed by atoms with Crippen LogP contribution in [-0.4, -0.2) is 40.3 Å². The molecule has 1 heterocycles. The van der Waals surface area contributed by atoms with Crippen LogP contribution in [0.4, 0.5) is 0 Å². The van der Waals surface area contributed by atoms with Crippen molar-refractivity contribution >= 4 is 28.4 Å². The monoisotopic (exact) mass is 420 g/mol. The SMILES string of the molecule is CCOC(=O)CC(=O)CN=C(C)c1c(O)n(-c2cc(C)cc(C)c2)c2cc(C)ccc12. The maximum Gasteiger partial charge on any atom is 0.313 e. The molecule has 31 heavy (non-hydrogen) atoms. The molecule has 3 aromatic rings. The van der Waals surface area contributed by atoms with Gasteiger partial charge in [-0.25, -0.2) is 0 Å². The number of fused-ring (bicyclic) bond motifs is 1. The third-order valence-electron chi connectivity index (χ3n) is 5.06. The Labute approximate surface area is 182 Å². The van der Waals surface area contributed by atoms with Gasteiger partial charge in [-0.2, -0.15) is 0 Å². The number of hydrogen-bond donors (Lipinski definition) is 1. The van der Waals surface area contributed by atoms with E-state index in [0.29, 0.717) is 11.3 Å². The van der Waals surface area contributed by atoms with Crippen LogP contribution >= 0.6 is 0 Å². The van der Waals surface area contributed by atoms with E-state index in [1.54, 1.807) is 13.8 Å². The van der Waals surface area contributed by atoms with Crippen molar-refractivity contribution in [3.05, 3.63) is 58.7 Å². The van der Waals surface area contributed by atoms with E-state index in [-0.39, 0.29) is 31.2 Å². The number of aromatic hydroxyl groups is 1. The third-order valence-corrected chi connectivity index (χ3v) is 5.06. The molecule has 1 aromatic heterocycles. The molecule has 2 aromatic carbocycles. The van der Waals surface area contributed by atoms with Crippen molar-refractivity contribution in [2.45, 2.75) is 41.0 Å². The first-order chi connectivity index (χ1) is 14.7. The second-order valence-electron chi connectivity index (χ2n) is 7.82. The minimum atomic E-state index is -0.551. The van der Waals surface area contributed by atoms with Gasteiger partial charge in [-0.1, -0.05) is 18.2 Å². The summed E-state index contributed by atoms with van der Waals surface area (Å²) in [5.74, 6) is -0.805. The molecular weight excluding hydrogens is 392 g/mol. The molecule has 0 fully saturated rings. The fourth-order valence-corrected chi connectivity index (χ4v) is 3.80. The molecule has 0 unspecified atom stereocenters. The van der Waals surface area contributed by atoms with Crippen molar-refractivity contribution in [3.8, 4) is 11.6 Å². The molecule has 0 bridgehead atoms. The van der Waals surface area contributed by atoms with Crippen molar-refractivity contribution in [2.24, 2.45) is 4.99 Å². The van der Waals surface area contributed by atoms with Crippen LogP contribution in [0.5, 0.6) is 5.88 Å². The maximum atomic E-state index is 12.1. The number of aromatic nitrogens is 1. The zero-order chi connectivity index (χ0) is 22.7. The van der Waals surface area contributed by atoms with Gasteiger partial charge in [0.2, 0.25) is 5.88 Å². The van der Waals surface area contributed by atoms with E-state index in [4.69, 9.17) is 4.74 Å². The van der Waals surface area contributed by atoms with Gasteiger partial charge < -0.3 is 9.84 Å². The average Bonchev–Trinajstić information content (AvgIpc) is 2.96. The summed E-state index contributed by atoms with van der Waals surface area (Å²) in [6.07, 6.45) is -0.305. The third kappa shape index (κ3) is 4.85. The molecule has 0 saturated carbocycles. The number of Topliss-reactive ketones (excluding diaryl/α,β-unsaturated/α-hetero) is 1. The Hall–Kier alpha value is -3.41. The van der Waals surface area contributed by atoms with Crippen LogP contribution in [-0.2, 0) is 14.3 Å². The molecule has 0 amide bonds. The second-order valence-corrected chi connectivity index (χ2v) is 7.82. The number of nitrogens with zero attached hydrogens (tertiary/aromatic N) is 2. The lowest BCUT2D eigenvalue weighted by molar-refractivity contribution is -0.145. The Kier molecular flexibility index (Phi) is 6.59. The Balaban J connectivity index is 2.06. The highest BCUT2D eigenvalue weighted by Crippen LogP contribution is 2.36. The molecule has 0 radical (unpaired) electrons. The molecule has 0 spiro atoms. The van der Waals surface area contributed by atoms with E-state index in [0.717, 1.165) is 33.3 Å². The summed E-state index contributed by atoms with van der Waals surface area (Å²) in [5.41, 5.74) is 6.11. The summed E-state index contributed by atoms with van der Waals surface area (Å²) in [7, 11) is 0. The Morgan fingerprint density at radius 1 is 1.03 bits per heavy atom. The van der Waals surface area contributed by atoms with Gasteiger partial charge in [-0.15, -0.1) is 0 Å². The number of ether oxygens (including phenoxy) is 1. The number of aryl methyl sites for hydroxylation is 3. The minimum Gasteiger partial charge on any atom is -0.494 e. The lowest BCUT2D eigenvalue weighted by Crippen LogP contribution is -2.14. The van der Waals surface area contributed by atoms with Gasteiger partial charge in [0.15, 0.2) is 5.78 Å². The smallest absolute Gasteiger partial charge is 0.313 e. The number of esters is 1. The highest BCUT2D eigenvalue weighted by molar-refractivity contribution is 6.13. The van der Waals surface area contributed by atoms with Gasteiger partial charge in [0.05, 0.1) is 24.2 Å². The van der Waals surface area contributed by atoms with E-state index in [1.807, 2.05) is 55.7 Å². The first-order valence-electron chi connectivity index (χ1n) is 10.3. The normalized spacial score (nSPS) is 11.7. The zero-order valence-corrected chi connectivity index (χ0v) is 18.7. The van der Waals surface area contributed by atoms with Crippen LogP contribution in [0.3, 0.4) is 0 Å². The van der Waals surface area contributed by atoms with Crippen molar-refractivity contribution < 1.29 is 19.4 Å². The predicted molar refractivity (Wildman–Crippen MR) is 122 cm³/mol. The minimum absolute atomic E-state index is 0.0738. The summed E-state index contributed by atoms with van der Waals surface area (Å²) in [6.45, 7) is 9.59. The summed E-state index contributed by atoms with van der Waals surface area (Å²) < 4.78 is 6.63. The zero-order valence-electron chi connectivity index (χ0n) is 18.7. The molecule has 0 atom stereocenters. The predicted octanol–water partition coefficient (Wildman–Crippen LogP) is 4.59. The van der Waals surface area contributed by atoms with Crippen LogP contribution in [0.15, 0.2) is 41.4 Å². The van der Waals surface area contributed by atoms with Crippen LogP contribution in [0.2, 0.25) is 0 Å². The van der Waals surface area contributed by atoms with Crippen molar-refractivity contribution in [3.63, 3.8) is 0 Å². The molecule has 0 aliphatic heterocycles. The maximum absolute atomic E-state index is 12.1. The number of carbonyl (C=O) groups excluding carboxylic acids is 2. The van der Waals surface area contributed by atoms with Gasteiger partial charge in [-0.05, 0) is 69.5 Å². The van der Waals surface area contributed by atoms with Gasteiger partial charge in [0, 0.05) is 16.8 Å². The van der Waals surface area contributed by atoms with E-state index < -0.39 is 5.97 Å². The van der Waals surface area contributed by atoms with Gasteiger partial charge in [0.25, 0.3) is 0 Å². The summed E-state index contributed by atoms with van der Waals surface area (Å²) in [6, 6.07) is 12.1. The number of benzene rings is 2. The lowest BCUT2D eigenvalue weighted by Gasteiger charge is -2.10. The van der Waals surface area contributed by atoms with Gasteiger partial charge in [-0.3, -0.25) is 19.1 Å². The van der Waals surface area contributed by atoms with Crippen molar-refractivity contribution in [2.75, 3.05) is 13.2 Å². The van der Waals surface area contributed by atoms with Gasteiger partial charge >= 0.3 is 5.97 Å². The molecule has 0 saturated heterocycles. The summed E-state index contributed by atoms with van der Waals surface area (Å²) >= 11 is 0. The lowest BCUT2D eigenvalue weighted by atomic mass is 10.1. The van der Waals surface area contributed by atoms with E-state index in [9.17, 15) is 14.7 Å². The molecular formula is C25H28N2O4. The fraction of sp³-hybridized carbons (Fsp3) is 0.320. The number of rotatable bonds is 7. The molecule has 6 nitrogen and oxygen atoms in total. The highest BCUT2D eigenvalue weighted by Gasteiger charge is 2.21. The molecule has 162 valence electrons. The molecule has 1 N–H and O–H groups in total. The van der Waals surface area contributed by atoms with Crippen LogP contribution < -0.4 is 0 Å². The summed E-state index contributed by atoms with van der Waals surface area (Å²) in [5, 5.41) is 12.1. The van der Waals surface area contributed by atoms with Crippen molar-refractivity contribution in [1.29, 1.82) is 0 Å². The number of carbonyl (C=O) groups is 2. The Morgan fingerprint density at radius 2 is 1.71 bits per heavy atom. The molecule has 6 heteroatoms.